The number of amides is 1. The van der Waals surface area contributed by atoms with Gasteiger partial charge in [0.1, 0.15) is 6.29 Å². The number of aromatic nitrogens is 2. The molecule has 1 radical (unpaired) electrons. The van der Waals surface area contributed by atoms with E-state index >= 15 is 0 Å². The second-order valence-electron chi connectivity index (χ2n) is 6.90. The van der Waals surface area contributed by atoms with Gasteiger partial charge in [0.15, 0.2) is 11.5 Å². The first-order chi connectivity index (χ1) is 13.6. The van der Waals surface area contributed by atoms with Crippen molar-refractivity contribution in [3.05, 3.63) is 53.3 Å². The quantitative estimate of drug-likeness (QED) is 0.408. The molecular formula is C21H26N5O2. The third kappa shape index (κ3) is 5.13. The molecule has 0 aliphatic heterocycles. The van der Waals surface area contributed by atoms with Gasteiger partial charge in [-0.2, -0.15) is 0 Å². The zero-order valence-electron chi connectivity index (χ0n) is 16.1. The molecular weight excluding hydrogens is 354 g/mol. The Morgan fingerprint density at radius 2 is 2.14 bits per heavy atom. The van der Waals surface area contributed by atoms with E-state index in [1.807, 2.05) is 31.2 Å². The van der Waals surface area contributed by atoms with Crippen LogP contribution in [-0.4, -0.2) is 35.3 Å². The molecule has 147 valence electrons. The highest BCUT2D eigenvalue weighted by atomic mass is 16.1. The van der Waals surface area contributed by atoms with Crippen LogP contribution in [0.2, 0.25) is 0 Å². The predicted molar refractivity (Wildman–Crippen MR) is 109 cm³/mol. The maximum Gasteiger partial charge on any atom is 0.271 e. The molecule has 1 aromatic heterocycles. The summed E-state index contributed by atoms with van der Waals surface area (Å²) in [5.74, 6) is 0.270. The Bertz CT molecular complexity index is 849. The first-order valence-electron chi connectivity index (χ1n) is 9.66. The summed E-state index contributed by atoms with van der Waals surface area (Å²) in [6.07, 6.45) is 6.10. The molecule has 1 aliphatic rings. The Balaban J connectivity index is 1.77. The van der Waals surface area contributed by atoms with E-state index in [1.165, 1.54) is 0 Å². The molecule has 0 atom stereocenters. The topological polar surface area (TPSA) is 110 Å². The minimum absolute atomic E-state index is 0.178. The van der Waals surface area contributed by atoms with E-state index in [2.05, 4.69) is 15.6 Å². The summed E-state index contributed by atoms with van der Waals surface area (Å²) in [6, 6.07) is 7.93. The fourth-order valence-electron chi connectivity index (χ4n) is 3.09. The Labute approximate surface area is 165 Å². The lowest BCUT2D eigenvalue weighted by Gasteiger charge is -2.14. The normalized spacial score (nSPS) is 13.3. The van der Waals surface area contributed by atoms with E-state index in [1.54, 1.807) is 6.42 Å². The van der Waals surface area contributed by atoms with Crippen LogP contribution in [0.15, 0.2) is 24.3 Å². The van der Waals surface area contributed by atoms with Gasteiger partial charge in [-0.3, -0.25) is 4.79 Å². The van der Waals surface area contributed by atoms with Crippen LogP contribution in [0.1, 0.15) is 53.1 Å². The van der Waals surface area contributed by atoms with Crippen molar-refractivity contribution in [3.8, 4) is 0 Å². The van der Waals surface area contributed by atoms with Gasteiger partial charge in [-0.15, -0.1) is 0 Å². The highest BCUT2D eigenvalue weighted by Gasteiger charge is 2.30. The maximum absolute atomic E-state index is 11.9. The molecule has 1 fully saturated rings. The van der Waals surface area contributed by atoms with Crippen LogP contribution in [0.5, 0.6) is 0 Å². The van der Waals surface area contributed by atoms with Crippen molar-refractivity contribution in [3.63, 3.8) is 0 Å². The summed E-state index contributed by atoms with van der Waals surface area (Å²) in [5.41, 5.74) is 9.52. The van der Waals surface area contributed by atoms with E-state index in [4.69, 9.17) is 10.7 Å². The fraction of sp³-hybridized carbons (Fsp3) is 0.381. The van der Waals surface area contributed by atoms with Crippen molar-refractivity contribution in [1.29, 1.82) is 0 Å². The third-order valence-corrected chi connectivity index (χ3v) is 4.67. The zero-order valence-corrected chi connectivity index (χ0v) is 16.1. The molecule has 4 N–H and O–H groups in total. The standard InChI is InChI=1S/C21H26N5O2/c1-2-17-18(15-7-8-15)26-21(19(25-17)20(22)28)24-16-6-3-5-14(13-16)9-11-23-10-4-12-27/h3-6,12-13,15,23H,2,7-11H2,1H3,(H2,22,28)(H,24,26). The summed E-state index contributed by atoms with van der Waals surface area (Å²) < 4.78 is 0. The van der Waals surface area contributed by atoms with Crippen molar-refractivity contribution in [1.82, 2.24) is 15.3 Å². The van der Waals surface area contributed by atoms with E-state index in [-0.39, 0.29) is 5.69 Å². The number of nitrogens with two attached hydrogens (primary N) is 1. The molecule has 7 heteroatoms. The molecule has 0 saturated heterocycles. The Kier molecular flexibility index (Phi) is 6.71. The average Bonchev–Trinajstić information content (AvgIpc) is 3.53. The number of hydrogen-bond donors (Lipinski definition) is 3. The second kappa shape index (κ2) is 9.41. The van der Waals surface area contributed by atoms with E-state index in [9.17, 15) is 9.59 Å². The van der Waals surface area contributed by atoms with Crippen molar-refractivity contribution in [2.24, 2.45) is 5.73 Å². The molecule has 0 bridgehead atoms. The first-order valence-corrected chi connectivity index (χ1v) is 9.66. The number of benzene rings is 1. The molecule has 1 saturated carbocycles. The van der Waals surface area contributed by atoms with Crippen LogP contribution in [0.4, 0.5) is 11.5 Å². The molecule has 7 nitrogen and oxygen atoms in total. The van der Waals surface area contributed by atoms with Crippen LogP contribution in [-0.2, 0) is 17.6 Å². The molecule has 1 amide bonds. The average molecular weight is 380 g/mol. The molecule has 3 rings (SSSR count). The predicted octanol–water partition coefficient (Wildman–Crippen LogP) is 2.29. The first kappa shape index (κ1) is 19.9. The van der Waals surface area contributed by atoms with Crippen molar-refractivity contribution in [2.45, 2.75) is 38.5 Å². The largest absolute Gasteiger partial charge is 0.364 e. The van der Waals surface area contributed by atoms with Gasteiger partial charge in [-0.1, -0.05) is 19.1 Å². The molecule has 2 aromatic rings. The van der Waals surface area contributed by atoms with Gasteiger partial charge in [0.2, 0.25) is 0 Å². The number of nitrogens with one attached hydrogen (secondary N) is 2. The molecule has 1 heterocycles. The van der Waals surface area contributed by atoms with Gasteiger partial charge < -0.3 is 21.2 Å². The highest BCUT2D eigenvalue weighted by molar-refractivity contribution is 5.96. The molecule has 28 heavy (non-hydrogen) atoms. The minimum atomic E-state index is -0.584. The lowest BCUT2D eigenvalue weighted by molar-refractivity contribution is -0.105. The Hall–Kier alpha value is -2.80. The summed E-state index contributed by atoms with van der Waals surface area (Å²) in [6.45, 7) is 3.34. The Morgan fingerprint density at radius 3 is 2.82 bits per heavy atom. The fourth-order valence-corrected chi connectivity index (χ4v) is 3.09. The number of aryl methyl sites for hydroxylation is 1. The Morgan fingerprint density at radius 1 is 1.32 bits per heavy atom. The number of anilines is 2. The third-order valence-electron chi connectivity index (χ3n) is 4.67. The lowest BCUT2D eigenvalue weighted by Crippen LogP contribution is -2.19. The molecule has 1 aliphatic carbocycles. The van der Waals surface area contributed by atoms with Crippen molar-refractivity contribution < 1.29 is 9.59 Å². The van der Waals surface area contributed by atoms with E-state index in [0.717, 1.165) is 61.2 Å². The van der Waals surface area contributed by atoms with Crippen LogP contribution < -0.4 is 16.4 Å². The lowest BCUT2D eigenvalue weighted by atomic mass is 10.1. The summed E-state index contributed by atoms with van der Waals surface area (Å²) in [4.78, 5) is 31.4. The molecule has 0 spiro atoms. The monoisotopic (exact) mass is 380 g/mol. The molecule has 1 aromatic carbocycles. The number of primary amides is 1. The number of hydrogen-bond acceptors (Lipinski definition) is 6. The van der Waals surface area contributed by atoms with Gasteiger partial charge >= 0.3 is 0 Å². The zero-order chi connectivity index (χ0) is 19.9. The van der Waals surface area contributed by atoms with Crippen LogP contribution in [0.25, 0.3) is 0 Å². The number of carbonyl (C=O) groups excluding carboxylic acids is 2. The molecule has 0 unspecified atom stereocenters. The summed E-state index contributed by atoms with van der Waals surface area (Å²) >= 11 is 0. The SMILES string of the molecule is CCc1nc(C(N)=O)c(Nc2cccc(CCNC[CH]C=O)c2)nc1C1CC1. The van der Waals surface area contributed by atoms with Gasteiger partial charge in [0.05, 0.1) is 11.4 Å². The van der Waals surface area contributed by atoms with Crippen LogP contribution in [0, 0.1) is 6.42 Å². The highest BCUT2D eigenvalue weighted by Crippen LogP contribution is 2.41. The second-order valence-corrected chi connectivity index (χ2v) is 6.90. The van der Waals surface area contributed by atoms with Crippen molar-refractivity contribution in [2.75, 3.05) is 18.4 Å². The van der Waals surface area contributed by atoms with E-state index < -0.39 is 5.91 Å². The van der Waals surface area contributed by atoms with Crippen molar-refractivity contribution >= 4 is 23.7 Å². The van der Waals surface area contributed by atoms with E-state index in [0.29, 0.717) is 18.3 Å². The maximum atomic E-state index is 11.9. The van der Waals surface area contributed by atoms with Gasteiger partial charge in [0.25, 0.3) is 5.91 Å². The van der Waals surface area contributed by atoms with Gasteiger partial charge in [0, 0.05) is 24.6 Å². The van der Waals surface area contributed by atoms with Gasteiger partial charge in [-0.25, -0.2) is 9.97 Å². The summed E-state index contributed by atoms with van der Waals surface area (Å²) in [5, 5.41) is 6.41. The number of aldehydes is 1. The summed E-state index contributed by atoms with van der Waals surface area (Å²) in [7, 11) is 0. The van der Waals surface area contributed by atoms with Crippen LogP contribution >= 0.6 is 0 Å². The van der Waals surface area contributed by atoms with Crippen LogP contribution in [0.3, 0.4) is 0 Å². The van der Waals surface area contributed by atoms with Gasteiger partial charge in [-0.05, 0) is 49.9 Å². The number of carbonyl (C=O) groups is 2. The number of rotatable bonds is 11. The smallest absolute Gasteiger partial charge is 0.271 e. The minimum Gasteiger partial charge on any atom is -0.364 e. The number of nitrogens with zero attached hydrogens (tertiary/aromatic N) is 2.